The van der Waals surface area contributed by atoms with E-state index in [1.807, 2.05) is 0 Å². The van der Waals surface area contributed by atoms with Gasteiger partial charge < -0.3 is 0 Å². The molecule has 0 fully saturated rings. The van der Waals surface area contributed by atoms with Crippen LogP contribution < -0.4 is 0 Å². The third-order valence-electron chi connectivity index (χ3n) is 7.28. The molecule has 0 rings (SSSR count). The third kappa shape index (κ3) is 14.6. The first kappa shape index (κ1) is 27.0. The fourth-order valence-electron chi connectivity index (χ4n) is 4.77. The molecule has 0 saturated carbocycles. The van der Waals surface area contributed by atoms with E-state index in [0.717, 1.165) is 29.6 Å². The highest BCUT2D eigenvalue weighted by atomic mass is 14.3. The molecule has 0 heterocycles. The zero-order chi connectivity index (χ0) is 20.5. The summed E-state index contributed by atoms with van der Waals surface area (Å²) >= 11 is 0. The highest BCUT2D eigenvalue weighted by Gasteiger charge is 2.21. The smallest absolute Gasteiger partial charge is 0.0388 e. The maximum Gasteiger partial charge on any atom is -0.0388 e. The van der Waals surface area contributed by atoms with E-state index in [1.165, 1.54) is 96.3 Å². The molecular formula is C27H56. The average molecular weight is 381 g/mol. The maximum absolute atomic E-state index is 2.57. The minimum Gasteiger partial charge on any atom is -0.0654 e. The summed E-state index contributed by atoms with van der Waals surface area (Å²) in [5, 5.41) is 0. The van der Waals surface area contributed by atoms with E-state index in [9.17, 15) is 0 Å². The van der Waals surface area contributed by atoms with Gasteiger partial charge in [-0.3, -0.25) is 0 Å². The Morgan fingerprint density at radius 3 is 1.56 bits per heavy atom. The molecule has 0 aromatic rings. The summed E-state index contributed by atoms with van der Waals surface area (Å²) in [4.78, 5) is 0. The normalized spacial score (nSPS) is 17.4. The lowest BCUT2D eigenvalue weighted by Gasteiger charge is -2.29. The molecule has 0 nitrogen and oxygen atoms in total. The topological polar surface area (TPSA) is 0 Å². The zero-order valence-electron chi connectivity index (χ0n) is 20.5. The van der Waals surface area contributed by atoms with Crippen molar-refractivity contribution in [3.63, 3.8) is 0 Å². The minimum atomic E-state index is 0.898. The summed E-state index contributed by atoms with van der Waals surface area (Å²) in [6.07, 6.45) is 21.5. The van der Waals surface area contributed by atoms with Crippen molar-refractivity contribution in [2.24, 2.45) is 29.6 Å². The van der Waals surface area contributed by atoms with Crippen LogP contribution in [0.4, 0.5) is 0 Å². The Kier molecular flexibility index (Phi) is 18.1. The second-order valence-electron chi connectivity index (χ2n) is 10.1. The number of hydrogen-bond acceptors (Lipinski definition) is 0. The van der Waals surface area contributed by atoms with Gasteiger partial charge in [0.25, 0.3) is 0 Å². The molecule has 5 unspecified atom stereocenters. The van der Waals surface area contributed by atoms with Crippen molar-refractivity contribution >= 4 is 0 Å². The predicted molar refractivity (Wildman–Crippen MR) is 126 cm³/mol. The Balaban J connectivity index is 4.20. The van der Waals surface area contributed by atoms with Crippen LogP contribution in [0.5, 0.6) is 0 Å². The molecule has 0 bridgehead atoms. The summed E-state index contributed by atoms with van der Waals surface area (Å²) in [6, 6.07) is 0. The predicted octanol–water partition coefficient (Wildman–Crippen LogP) is 10.1. The van der Waals surface area contributed by atoms with E-state index in [1.54, 1.807) is 0 Å². The first-order chi connectivity index (χ1) is 13.0. The Morgan fingerprint density at radius 1 is 0.444 bits per heavy atom. The van der Waals surface area contributed by atoms with Crippen molar-refractivity contribution in [2.45, 2.75) is 145 Å². The van der Waals surface area contributed by atoms with Crippen LogP contribution in [0.3, 0.4) is 0 Å². The van der Waals surface area contributed by atoms with E-state index >= 15 is 0 Å². The molecule has 0 spiro atoms. The first-order valence-electron chi connectivity index (χ1n) is 13.0. The third-order valence-corrected chi connectivity index (χ3v) is 7.28. The first-order valence-corrected chi connectivity index (χ1v) is 13.0. The fourth-order valence-corrected chi connectivity index (χ4v) is 4.77. The van der Waals surface area contributed by atoms with Crippen molar-refractivity contribution in [1.82, 2.24) is 0 Å². The molecule has 0 aromatic heterocycles. The van der Waals surface area contributed by atoms with E-state index in [0.29, 0.717) is 0 Å². The highest BCUT2D eigenvalue weighted by Crippen LogP contribution is 2.33. The van der Waals surface area contributed by atoms with Gasteiger partial charge in [-0.25, -0.2) is 0 Å². The van der Waals surface area contributed by atoms with Gasteiger partial charge in [0.05, 0.1) is 0 Å². The lowest BCUT2D eigenvalue weighted by Crippen LogP contribution is -2.18. The van der Waals surface area contributed by atoms with E-state index < -0.39 is 0 Å². The van der Waals surface area contributed by atoms with Crippen molar-refractivity contribution in [3.8, 4) is 0 Å². The molecule has 0 aliphatic heterocycles. The van der Waals surface area contributed by atoms with Crippen LogP contribution in [0.15, 0.2) is 0 Å². The molecule has 0 aliphatic rings. The SMILES string of the molecule is CCCCC(C)CCCCCC(CCCC)C(C)CC(C)C(C)CCCC. The maximum atomic E-state index is 2.57. The Morgan fingerprint density at radius 2 is 0.926 bits per heavy atom. The zero-order valence-corrected chi connectivity index (χ0v) is 20.5. The molecule has 0 N–H and O–H groups in total. The van der Waals surface area contributed by atoms with Gasteiger partial charge >= 0.3 is 0 Å². The van der Waals surface area contributed by atoms with Crippen LogP contribution in [0.1, 0.15) is 145 Å². The monoisotopic (exact) mass is 380 g/mol. The van der Waals surface area contributed by atoms with Crippen LogP contribution in [-0.4, -0.2) is 0 Å². The molecule has 0 amide bonds. The van der Waals surface area contributed by atoms with Crippen LogP contribution in [0, 0.1) is 29.6 Å². The summed E-state index contributed by atoms with van der Waals surface area (Å²) in [6.45, 7) is 17.0. The van der Waals surface area contributed by atoms with Crippen molar-refractivity contribution in [3.05, 3.63) is 0 Å². The van der Waals surface area contributed by atoms with E-state index in [4.69, 9.17) is 0 Å². The molecule has 27 heavy (non-hydrogen) atoms. The molecule has 0 saturated heterocycles. The van der Waals surface area contributed by atoms with Gasteiger partial charge in [0, 0.05) is 0 Å². The van der Waals surface area contributed by atoms with Gasteiger partial charge in [0.15, 0.2) is 0 Å². The molecular weight excluding hydrogens is 324 g/mol. The lowest BCUT2D eigenvalue weighted by molar-refractivity contribution is 0.218. The largest absolute Gasteiger partial charge is 0.0654 e. The Hall–Kier alpha value is 0. The summed E-state index contributed by atoms with van der Waals surface area (Å²) in [5.41, 5.74) is 0. The van der Waals surface area contributed by atoms with Gasteiger partial charge in [0.2, 0.25) is 0 Å². The minimum absolute atomic E-state index is 0.898. The summed E-state index contributed by atoms with van der Waals surface area (Å²) < 4.78 is 0. The Bertz CT molecular complexity index is 294. The summed E-state index contributed by atoms with van der Waals surface area (Å²) in [7, 11) is 0. The number of hydrogen-bond donors (Lipinski definition) is 0. The quantitative estimate of drug-likeness (QED) is 0.195. The fraction of sp³-hybridized carbons (Fsp3) is 1.00. The second-order valence-corrected chi connectivity index (χ2v) is 10.1. The van der Waals surface area contributed by atoms with E-state index in [-0.39, 0.29) is 0 Å². The van der Waals surface area contributed by atoms with Gasteiger partial charge in [-0.1, -0.05) is 138 Å². The average Bonchev–Trinajstić information content (AvgIpc) is 2.66. The molecule has 0 aliphatic carbocycles. The van der Waals surface area contributed by atoms with E-state index in [2.05, 4.69) is 48.5 Å². The number of rotatable bonds is 19. The standard InChI is InChI=1S/C27H56/c1-8-11-17-23(4)18-15-14-16-21-27(20-13-10-3)26(7)22-25(6)24(5)19-12-9-2/h23-27H,8-22H2,1-7H3. The molecule has 0 heteroatoms. The van der Waals surface area contributed by atoms with Crippen LogP contribution in [0.2, 0.25) is 0 Å². The molecule has 5 atom stereocenters. The highest BCUT2D eigenvalue weighted by molar-refractivity contribution is 4.72. The van der Waals surface area contributed by atoms with Crippen LogP contribution in [0.25, 0.3) is 0 Å². The Labute approximate surface area is 174 Å². The van der Waals surface area contributed by atoms with Crippen LogP contribution in [-0.2, 0) is 0 Å². The van der Waals surface area contributed by atoms with Crippen molar-refractivity contribution in [2.75, 3.05) is 0 Å². The number of unbranched alkanes of at least 4 members (excludes halogenated alkanes) is 5. The van der Waals surface area contributed by atoms with Gasteiger partial charge in [-0.15, -0.1) is 0 Å². The summed E-state index contributed by atoms with van der Waals surface area (Å²) in [5.74, 6) is 4.64. The van der Waals surface area contributed by atoms with Crippen LogP contribution >= 0.6 is 0 Å². The van der Waals surface area contributed by atoms with Gasteiger partial charge in [-0.2, -0.15) is 0 Å². The second kappa shape index (κ2) is 18.1. The van der Waals surface area contributed by atoms with Gasteiger partial charge in [0.1, 0.15) is 0 Å². The molecule has 0 aromatic carbocycles. The van der Waals surface area contributed by atoms with Crippen molar-refractivity contribution < 1.29 is 0 Å². The molecule has 0 radical (unpaired) electrons. The lowest BCUT2D eigenvalue weighted by atomic mass is 9.77. The molecule has 164 valence electrons. The van der Waals surface area contributed by atoms with Gasteiger partial charge in [-0.05, 0) is 36.0 Å². The van der Waals surface area contributed by atoms with Crippen molar-refractivity contribution in [1.29, 1.82) is 0 Å².